The van der Waals surface area contributed by atoms with Crippen LogP contribution in [0.15, 0.2) is 29.6 Å². The average molecular weight is 406 g/mol. The lowest BCUT2D eigenvalue weighted by Gasteiger charge is -2.14. The second-order valence-electron chi connectivity index (χ2n) is 5.80. The number of anilines is 1. The lowest BCUT2D eigenvalue weighted by atomic mass is 10.1. The molecule has 0 fully saturated rings. The minimum Gasteiger partial charge on any atom is -0.493 e. The van der Waals surface area contributed by atoms with Gasteiger partial charge >= 0.3 is 5.97 Å². The summed E-state index contributed by atoms with van der Waals surface area (Å²) < 4.78 is 15.7. The molecule has 2 rings (SSSR count). The van der Waals surface area contributed by atoms with Gasteiger partial charge in [0.15, 0.2) is 17.6 Å². The minimum atomic E-state index is -1.03. The third kappa shape index (κ3) is 5.23. The summed E-state index contributed by atoms with van der Waals surface area (Å²) in [6.07, 6.45) is -0.598. The number of carbonyl (C=O) groups is 3. The van der Waals surface area contributed by atoms with Crippen LogP contribution in [0.1, 0.15) is 29.3 Å². The zero-order valence-corrected chi connectivity index (χ0v) is 16.6. The van der Waals surface area contributed by atoms with Crippen LogP contribution in [-0.2, 0) is 20.7 Å². The number of benzene rings is 1. The Kier molecular flexibility index (Phi) is 7.39. The molecule has 1 aromatic carbocycles. The molecule has 150 valence electrons. The van der Waals surface area contributed by atoms with Gasteiger partial charge in [0.2, 0.25) is 0 Å². The Morgan fingerprint density at radius 3 is 2.57 bits per heavy atom. The molecule has 9 heteroatoms. The Bertz CT molecular complexity index is 864. The van der Waals surface area contributed by atoms with E-state index in [1.54, 1.807) is 17.5 Å². The van der Waals surface area contributed by atoms with Gasteiger partial charge in [-0.15, -0.1) is 11.3 Å². The van der Waals surface area contributed by atoms with E-state index in [1.165, 1.54) is 27.2 Å². The van der Waals surface area contributed by atoms with Crippen molar-refractivity contribution < 1.29 is 28.6 Å². The predicted molar refractivity (Wildman–Crippen MR) is 105 cm³/mol. The number of esters is 1. The lowest BCUT2D eigenvalue weighted by Crippen LogP contribution is -2.30. The molecule has 1 atom stereocenters. The highest BCUT2D eigenvalue weighted by atomic mass is 32.1. The number of hydrogen-bond donors (Lipinski definition) is 2. The van der Waals surface area contributed by atoms with Crippen LogP contribution in [0.3, 0.4) is 0 Å². The van der Waals surface area contributed by atoms with E-state index in [1.807, 2.05) is 6.07 Å². The molecular formula is C19H22N2O6S. The van der Waals surface area contributed by atoms with Crippen molar-refractivity contribution in [3.05, 3.63) is 40.8 Å². The molecule has 0 saturated heterocycles. The molecular weight excluding hydrogens is 384 g/mol. The summed E-state index contributed by atoms with van der Waals surface area (Å²) in [5.74, 6) is -0.595. The van der Waals surface area contributed by atoms with Crippen molar-refractivity contribution in [1.29, 1.82) is 0 Å². The Balaban J connectivity index is 1.91. The van der Waals surface area contributed by atoms with Crippen LogP contribution < -0.4 is 20.5 Å². The highest BCUT2D eigenvalue weighted by molar-refractivity contribution is 7.14. The SMILES string of the molecule is COc1cccc(CCC(=O)O[C@H](C)C(=O)Nc2sccc2C(N)=O)c1OC. The number of rotatable bonds is 9. The fourth-order valence-corrected chi connectivity index (χ4v) is 3.31. The van der Waals surface area contributed by atoms with E-state index in [0.29, 0.717) is 22.9 Å². The zero-order valence-electron chi connectivity index (χ0n) is 15.8. The first kappa shape index (κ1) is 21.2. The third-order valence-electron chi connectivity index (χ3n) is 3.93. The number of hydrogen-bond acceptors (Lipinski definition) is 7. The summed E-state index contributed by atoms with van der Waals surface area (Å²) in [4.78, 5) is 35.6. The highest BCUT2D eigenvalue weighted by Gasteiger charge is 2.21. The standard InChI is InChI=1S/C19H22N2O6S/c1-11(18(24)21-19-13(17(20)23)9-10-28-19)27-15(22)8-7-12-5-4-6-14(25-2)16(12)26-3/h4-6,9-11H,7-8H2,1-3H3,(H2,20,23)(H,21,24)/t11-/m1/s1. The van der Waals surface area contributed by atoms with Gasteiger partial charge in [-0.3, -0.25) is 14.4 Å². The van der Waals surface area contributed by atoms with Crippen LogP contribution in [0.25, 0.3) is 0 Å². The molecule has 2 aromatic rings. The molecule has 1 aromatic heterocycles. The fourth-order valence-electron chi connectivity index (χ4n) is 2.51. The van der Waals surface area contributed by atoms with Gasteiger partial charge in [-0.25, -0.2) is 0 Å². The van der Waals surface area contributed by atoms with Crippen molar-refractivity contribution in [3.8, 4) is 11.5 Å². The molecule has 1 heterocycles. The van der Waals surface area contributed by atoms with Crippen LogP contribution in [0.2, 0.25) is 0 Å². The Hall–Kier alpha value is -3.07. The van der Waals surface area contributed by atoms with Gasteiger partial charge in [-0.1, -0.05) is 12.1 Å². The number of methoxy groups -OCH3 is 2. The van der Waals surface area contributed by atoms with Gasteiger partial charge in [0.1, 0.15) is 5.00 Å². The lowest BCUT2D eigenvalue weighted by molar-refractivity contribution is -0.153. The number of thiophene rings is 1. The van der Waals surface area contributed by atoms with E-state index in [-0.39, 0.29) is 12.0 Å². The first-order valence-corrected chi connectivity index (χ1v) is 9.32. The van der Waals surface area contributed by atoms with Crippen LogP contribution >= 0.6 is 11.3 Å². The number of nitrogens with two attached hydrogens (primary N) is 1. The van der Waals surface area contributed by atoms with E-state index >= 15 is 0 Å². The number of carbonyl (C=O) groups excluding carboxylic acids is 3. The van der Waals surface area contributed by atoms with Gasteiger partial charge in [-0.2, -0.15) is 0 Å². The number of amides is 2. The molecule has 28 heavy (non-hydrogen) atoms. The second kappa shape index (κ2) is 9.75. The van der Waals surface area contributed by atoms with Crippen LogP contribution in [-0.4, -0.2) is 38.1 Å². The molecule has 3 N–H and O–H groups in total. The maximum atomic E-state index is 12.2. The largest absolute Gasteiger partial charge is 0.493 e. The van der Waals surface area contributed by atoms with Crippen LogP contribution in [0.5, 0.6) is 11.5 Å². The summed E-state index contributed by atoms with van der Waals surface area (Å²) >= 11 is 1.16. The first-order valence-electron chi connectivity index (χ1n) is 8.44. The zero-order chi connectivity index (χ0) is 20.7. The summed E-state index contributed by atoms with van der Waals surface area (Å²) in [5, 5.41) is 4.50. The number of aryl methyl sites for hydroxylation is 1. The summed E-state index contributed by atoms with van der Waals surface area (Å²) in [7, 11) is 3.06. The Labute approximate surface area is 166 Å². The Morgan fingerprint density at radius 2 is 1.93 bits per heavy atom. The molecule has 0 aliphatic heterocycles. The smallest absolute Gasteiger partial charge is 0.306 e. The highest BCUT2D eigenvalue weighted by Crippen LogP contribution is 2.31. The molecule has 8 nitrogen and oxygen atoms in total. The van der Waals surface area contributed by atoms with Crippen molar-refractivity contribution >= 4 is 34.1 Å². The van der Waals surface area contributed by atoms with E-state index in [4.69, 9.17) is 19.9 Å². The van der Waals surface area contributed by atoms with Crippen LogP contribution in [0, 0.1) is 0 Å². The van der Waals surface area contributed by atoms with Crippen LogP contribution in [0.4, 0.5) is 5.00 Å². The fraction of sp³-hybridized carbons (Fsp3) is 0.316. The number of nitrogens with one attached hydrogen (secondary N) is 1. The molecule has 0 spiro atoms. The number of ether oxygens (including phenoxy) is 3. The van der Waals surface area contributed by atoms with E-state index < -0.39 is 23.9 Å². The van der Waals surface area contributed by atoms with E-state index in [2.05, 4.69) is 5.32 Å². The van der Waals surface area contributed by atoms with Crippen molar-refractivity contribution in [3.63, 3.8) is 0 Å². The maximum absolute atomic E-state index is 12.2. The topological polar surface area (TPSA) is 117 Å². The molecule has 0 bridgehead atoms. The van der Waals surface area contributed by atoms with Crippen molar-refractivity contribution in [2.45, 2.75) is 25.9 Å². The van der Waals surface area contributed by atoms with Crippen molar-refractivity contribution in [2.75, 3.05) is 19.5 Å². The quantitative estimate of drug-likeness (QED) is 0.618. The summed E-state index contributed by atoms with van der Waals surface area (Å²) in [5.41, 5.74) is 6.25. The van der Waals surface area contributed by atoms with Gasteiger partial charge < -0.3 is 25.3 Å². The summed E-state index contributed by atoms with van der Waals surface area (Å²) in [6.45, 7) is 1.46. The van der Waals surface area contributed by atoms with Gasteiger partial charge in [0.05, 0.1) is 19.8 Å². The normalized spacial score (nSPS) is 11.4. The molecule has 0 unspecified atom stereocenters. The van der Waals surface area contributed by atoms with Crippen molar-refractivity contribution in [1.82, 2.24) is 0 Å². The van der Waals surface area contributed by atoms with Gasteiger partial charge in [0, 0.05) is 6.42 Å². The molecule has 0 aliphatic carbocycles. The van der Waals surface area contributed by atoms with Gasteiger partial charge in [0.25, 0.3) is 11.8 Å². The number of primary amides is 1. The maximum Gasteiger partial charge on any atom is 0.306 e. The summed E-state index contributed by atoms with van der Waals surface area (Å²) in [6, 6.07) is 6.90. The minimum absolute atomic E-state index is 0.0622. The number of para-hydroxylation sites is 1. The third-order valence-corrected chi connectivity index (χ3v) is 4.76. The second-order valence-corrected chi connectivity index (χ2v) is 6.72. The average Bonchev–Trinajstić information content (AvgIpc) is 3.14. The first-order chi connectivity index (χ1) is 13.4. The monoisotopic (exact) mass is 406 g/mol. The molecule has 0 radical (unpaired) electrons. The van der Waals surface area contributed by atoms with Gasteiger partial charge in [-0.05, 0) is 36.4 Å². The van der Waals surface area contributed by atoms with Crippen molar-refractivity contribution in [2.24, 2.45) is 5.73 Å². The predicted octanol–water partition coefficient (Wildman–Crippen LogP) is 2.37. The van der Waals surface area contributed by atoms with E-state index in [0.717, 1.165) is 16.9 Å². The Morgan fingerprint density at radius 1 is 1.18 bits per heavy atom. The molecule has 2 amide bonds. The molecule has 0 aliphatic rings. The molecule has 0 saturated carbocycles. The van der Waals surface area contributed by atoms with E-state index in [9.17, 15) is 14.4 Å².